The molecule has 190 valence electrons. The third kappa shape index (κ3) is 5.89. The van der Waals surface area contributed by atoms with Crippen molar-refractivity contribution in [2.45, 2.75) is 11.1 Å². The van der Waals surface area contributed by atoms with Gasteiger partial charge in [-0.25, -0.2) is 22.8 Å². The minimum atomic E-state index is -4.75. The van der Waals surface area contributed by atoms with Crippen LogP contribution in [0.1, 0.15) is 11.5 Å². The first kappa shape index (κ1) is 26.4. The van der Waals surface area contributed by atoms with E-state index in [2.05, 4.69) is 21.9 Å². The molecular weight excluding hydrogens is 490 g/mol. The van der Waals surface area contributed by atoms with Crippen molar-refractivity contribution in [3.8, 4) is 0 Å². The van der Waals surface area contributed by atoms with Gasteiger partial charge in [-0.1, -0.05) is 6.58 Å². The van der Waals surface area contributed by atoms with Gasteiger partial charge in [0.25, 0.3) is 0 Å². The smallest absolute Gasteiger partial charge is 0.402 e. The minimum Gasteiger partial charge on any atom is -0.402 e. The number of piperazine rings is 1. The second kappa shape index (κ2) is 10.2. The predicted molar refractivity (Wildman–Crippen MR) is 124 cm³/mol. The quantitative estimate of drug-likeness (QED) is 0.433. The molecule has 1 aliphatic heterocycles. The number of anilines is 1. The van der Waals surface area contributed by atoms with Gasteiger partial charge in [-0.2, -0.15) is 17.5 Å². The van der Waals surface area contributed by atoms with E-state index in [0.29, 0.717) is 42.6 Å². The molecule has 9 nitrogen and oxygen atoms in total. The summed E-state index contributed by atoms with van der Waals surface area (Å²) in [5, 5.41) is 2.76. The van der Waals surface area contributed by atoms with Crippen LogP contribution in [0.15, 0.2) is 64.8 Å². The number of sulfonamides is 1. The monoisotopic (exact) mass is 515 g/mol. The maximum Gasteiger partial charge on any atom is 0.449 e. The lowest BCUT2D eigenvalue weighted by Gasteiger charge is -2.31. The summed E-state index contributed by atoms with van der Waals surface area (Å²) in [4.78, 5) is 9.39. The molecule has 3 rings (SSSR count). The van der Waals surface area contributed by atoms with Crippen LogP contribution in [0.5, 0.6) is 0 Å². The summed E-state index contributed by atoms with van der Waals surface area (Å²) in [6, 6.07) is 5.77. The largest absolute Gasteiger partial charge is 0.449 e. The van der Waals surface area contributed by atoms with E-state index in [-0.39, 0.29) is 16.4 Å². The summed E-state index contributed by atoms with van der Waals surface area (Å²) in [6.45, 7) is 5.69. The lowest BCUT2D eigenvalue weighted by molar-refractivity contribution is -0.146. The summed E-state index contributed by atoms with van der Waals surface area (Å²) < 4.78 is 81.4. The Balaban J connectivity index is 1.80. The van der Waals surface area contributed by atoms with Gasteiger partial charge in [-0.05, 0) is 31.3 Å². The lowest BCUT2D eigenvalue weighted by atomic mass is 10.2. The number of alkyl halides is 3. The van der Waals surface area contributed by atoms with E-state index in [1.807, 2.05) is 11.9 Å². The molecule has 1 aromatic carbocycles. The first-order chi connectivity index (χ1) is 16.3. The number of rotatable bonds is 7. The van der Waals surface area contributed by atoms with Gasteiger partial charge < -0.3 is 20.5 Å². The normalized spacial score (nSPS) is 17.0. The highest BCUT2D eigenvalue weighted by Gasteiger charge is 2.37. The topological polar surface area (TPSA) is 109 Å². The first-order valence-electron chi connectivity index (χ1n) is 10.3. The molecule has 2 heterocycles. The van der Waals surface area contributed by atoms with Gasteiger partial charge in [0.1, 0.15) is 11.5 Å². The summed E-state index contributed by atoms with van der Waals surface area (Å²) in [7, 11) is -0.668. The van der Waals surface area contributed by atoms with Crippen LogP contribution in [0, 0.1) is 0 Å². The van der Waals surface area contributed by atoms with Crippen LogP contribution in [0.25, 0.3) is 0 Å². The second-order valence-corrected chi connectivity index (χ2v) is 9.74. The van der Waals surface area contributed by atoms with E-state index in [1.165, 1.54) is 28.6 Å². The fourth-order valence-corrected chi connectivity index (χ4v) is 4.84. The summed E-state index contributed by atoms with van der Waals surface area (Å²) >= 11 is 0. The summed E-state index contributed by atoms with van der Waals surface area (Å²) in [6.07, 6.45) is -3.36. The highest BCUT2D eigenvalue weighted by Crippen LogP contribution is 2.29. The van der Waals surface area contributed by atoms with Crippen LogP contribution in [-0.4, -0.2) is 66.1 Å². The van der Waals surface area contributed by atoms with Crippen molar-refractivity contribution in [3.05, 3.63) is 66.4 Å². The molecule has 0 spiro atoms. The van der Waals surface area contributed by atoms with Crippen molar-refractivity contribution in [3.63, 3.8) is 0 Å². The van der Waals surface area contributed by atoms with Crippen LogP contribution in [0.3, 0.4) is 0 Å². The van der Waals surface area contributed by atoms with E-state index >= 15 is 0 Å². The number of halogens is 4. The molecular formula is C21H25F4N7O2S. The van der Waals surface area contributed by atoms with Crippen molar-refractivity contribution in [2.75, 3.05) is 38.5 Å². The van der Waals surface area contributed by atoms with E-state index < -0.39 is 33.6 Å². The fourth-order valence-electron chi connectivity index (χ4n) is 3.42. The van der Waals surface area contributed by atoms with Crippen LogP contribution >= 0.6 is 0 Å². The Morgan fingerprint density at radius 2 is 1.77 bits per heavy atom. The van der Waals surface area contributed by atoms with Crippen LogP contribution < -0.4 is 11.1 Å². The predicted octanol–water partition coefficient (Wildman–Crippen LogP) is 2.52. The standard InChI is InChI=1S/C21H25F4N7O2S/c1-14(29-19(17(22)12-26)18-13-27-20(31(18)3)21(23,24)25)28-15-4-6-16(7-5-15)35(33,34)32-10-8-30(2)9-11-32/h4-7,12-13,28H,1,8-11,26H2,2-3H3/b17-12+,29-19+. The molecule has 0 saturated carbocycles. The highest BCUT2D eigenvalue weighted by molar-refractivity contribution is 7.89. The van der Waals surface area contributed by atoms with Crippen molar-refractivity contribution in [1.29, 1.82) is 0 Å². The Labute approximate surface area is 200 Å². The highest BCUT2D eigenvalue weighted by atomic mass is 32.2. The second-order valence-electron chi connectivity index (χ2n) is 7.80. The van der Waals surface area contributed by atoms with Crippen molar-refractivity contribution in [2.24, 2.45) is 17.8 Å². The minimum absolute atomic E-state index is 0.106. The zero-order chi connectivity index (χ0) is 26.0. The average molecular weight is 516 g/mol. The van der Waals surface area contributed by atoms with Gasteiger partial charge in [-0.3, -0.25) is 0 Å². The van der Waals surface area contributed by atoms with Crippen molar-refractivity contribution >= 4 is 21.4 Å². The van der Waals surface area contributed by atoms with Crippen LogP contribution in [0.4, 0.5) is 23.2 Å². The molecule has 35 heavy (non-hydrogen) atoms. The fraction of sp³-hybridized carbons (Fsp3) is 0.333. The van der Waals surface area contributed by atoms with Crippen LogP contribution in [0.2, 0.25) is 0 Å². The Kier molecular flexibility index (Phi) is 7.67. The molecule has 1 aliphatic rings. The average Bonchev–Trinajstić information content (AvgIpc) is 3.19. The molecule has 0 bridgehead atoms. The van der Waals surface area contributed by atoms with Crippen molar-refractivity contribution in [1.82, 2.24) is 18.8 Å². The summed E-state index contributed by atoms with van der Waals surface area (Å²) in [5.74, 6) is -2.44. The molecule has 14 heteroatoms. The molecule has 0 amide bonds. The number of nitrogens with one attached hydrogen (secondary N) is 1. The van der Waals surface area contributed by atoms with Gasteiger partial charge in [0, 0.05) is 45.1 Å². The SMILES string of the molecule is C=C(/N=C(\C(F)=C/N)c1cnc(C(F)(F)F)n1C)Nc1ccc(S(=O)(=O)N2CCN(C)CC2)cc1. The number of allylic oxidation sites excluding steroid dienone is 1. The Hall–Kier alpha value is -3.23. The van der Waals surface area contributed by atoms with Crippen molar-refractivity contribution < 1.29 is 26.0 Å². The Morgan fingerprint density at radius 3 is 2.29 bits per heavy atom. The van der Waals surface area contributed by atoms with E-state index in [1.54, 1.807) is 0 Å². The van der Waals surface area contributed by atoms with Crippen LogP contribution in [-0.2, 0) is 23.2 Å². The van der Waals surface area contributed by atoms with Gasteiger partial charge >= 0.3 is 6.18 Å². The number of hydrogen-bond donors (Lipinski definition) is 2. The molecule has 0 unspecified atom stereocenters. The maximum absolute atomic E-state index is 14.4. The molecule has 1 saturated heterocycles. The molecule has 0 atom stereocenters. The van der Waals surface area contributed by atoms with Gasteiger partial charge in [0.2, 0.25) is 15.8 Å². The molecule has 2 aromatic rings. The zero-order valence-corrected chi connectivity index (χ0v) is 19.9. The number of aliphatic imine (C=N–C) groups is 1. The molecule has 1 aromatic heterocycles. The number of hydrogen-bond acceptors (Lipinski definition) is 7. The number of likely N-dealkylation sites (N-methyl/N-ethyl adjacent to an activating group) is 1. The van der Waals surface area contributed by atoms with E-state index in [9.17, 15) is 26.0 Å². The lowest BCUT2D eigenvalue weighted by Crippen LogP contribution is -2.46. The zero-order valence-electron chi connectivity index (χ0n) is 19.0. The van der Waals surface area contributed by atoms with Gasteiger partial charge in [0.15, 0.2) is 5.83 Å². The number of imidazole rings is 1. The third-order valence-corrected chi connectivity index (χ3v) is 7.26. The number of nitrogens with two attached hydrogens (primary N) is 1. The number of nitrogens with zero attached hydrogens (tertiary/aromatic N) is 5. The first-order valence-corrected chi connectivity index (χ1v) is 11.8. The maximum atomic E-state index is 14.4. The third-order valence-electron chi connectivity index (χ3n) is 5.35. The Morgan fingerprint density at radius 1 is 1.17 bits per heavy atom. The van der Waals surface area contributed by atoms with Gasteiger partial charge in [0.05, 0.1) is 16.8 Å². The Bertz CT molecular complexity index is 1240. The summed E-state index contributed by atoms with van der Waals surface area (Å²) in [5.41, 5.74) is 4.83. The van der Waals surface area contributed by atoms with Gasteiger partial charge in [-0.15, -0.1) is 0 Å². The van der Waals surface area contributed by atoms with E-state index in [4.69, 9.17) is 5.73 Å². The number of benzene rings is 1. The molecule has 0 aliphatic carbocycles. The van der Waals surface area contributed by atoms with E-state index in [0.717, 1.165) is 13.2 Å². The molecule has 0 radical (unpaired) electrons. The molecule has 3 N–H and O–H groups in total. The molecule has 1 fully saturated rings. The number of aromatic nitrogens is 2.